The van der Waals surface area contributed by atoms with Crippen LogP contribution < -0.4 is 20.5 Å². The number of halogens is 1. The van der Waals surface area contributed by atoms with Crippen LogP contribution in [0.3, 0.4) is 0 Å². The van der Waals surface area contributed by atoms with E-state index >= 15 is 0 Å². The van der Waals surface area contributed by atoms with Gasteiger partial charge in [0.2, 0.25) is 0 Å². The fourth-order valence-electron chi connectivity index (χ4n) is 4.44. The maximum Gasteiger partial charge on any atom is 0.189 e. The molecule has 3 N–H and O–H groups in total. The van der Waals surface area contributed by atoms with Gasteiger partial charge in [0.15, 0.2) is 17.5 Å². The molecule has 0 radical (unpaired) electrons. The van der Waals surface area contributed by atoms with E-state index in [-0.39, 0.29) is 24.0 Å². The van der Waals surface area contributed by atoms with Gasteiger partial charge in [-0.3, -0.25) is 4.90 Å². The van der Waals surface area contributed by atoms with Crippen molar-refractivity contribution in [3.63, 3.8) is 0 Å². The quantitative estimate of drug-likeness (QED) is 0.289. The number of likely N-dealkylation sites (tertiary alicyclic amines) is 1. The second kappa shape index (κ2) is 12.9. The first-order chi connectivity index (χ1) is 15.0. The van der Waals surface area contributed by atoms with Crippen LogP contribution in [0.1, 0.15) is 37.0 Å². The summed E-state index contributed by atoms with van der Waals surface area (Å²) in [5.74, 6) is 3.35. The van der Waals surface area contributed by atoms with Gasteiger partial charge in [-0.2, -0.15) is 0 Å². The lowest BCUT2D eigenvalue weighted by atomic mass is 9.91. The first-order valence-corrected chi connectivity index (χ1v) is 11.0. The highest BCUT2D eigenvalue weighted by molar-refractivity contribution is 14.0. The average molecular weight is 553 g/mol. The number of guanidine groups is 1. The average Bonchev–Trinajstić information content (AvgIpc) is 2.76. The molecule has 1 saturated heterocycles. The zero-order chi connectivity index (χ0) is 22.2. The molecule has 7 heteroatoms. The van der Waals surface area contributed by atoms with Crippen molar-refractivity contribution < 1.29 is 9.47 Å². The fraction of sp³-hybridized carbons (Fsp3) is 0.480. The van der Waals surface area contributed by atoms with Crippen molar-refractivity contribution >= 4 is 29.9 Å². The maximum absolute atomic E-state index is 6.14. The van der Waals surface area contributed by atoms with E-state index in [4.69, 9.17) is 15.2 Å². The third-order valence-electron chi connectivity index (χ3n) is 5.80. The summed E-state index contributed by atoms with van der Waals surface area (Å²) in [6.45, 7) is 9.16. The molecule has 0 saturated carbocycles. The van der Waals surface area contributed by atoms with Crippen molar-refractivity contribution in [1.82, 2.24) is 10.2 Å². The van der Waals surface area contributed by atoms with Crippen LogP contribution in [-0.2, 0) is 19.6 Å². The lowest BCUT2D eigenvalue weighted by molar-refractivity contribution is 0.134. The van der Waals surface area contributed by atoms with Crippen molar-refractivity contribution in [3.8, 4) is 11.5 Å². The highest BCUT2D eigenvalue weighted by Crippen LogP contribution is 2.27. The van der Waals surface area contributed by atoms with Gasteiger partial charge in [-0.25, -0.2) is 4.99 Å². The van der Waals surface area contributed by atoms with Crippen molar-refractivity contribution in [2.75, 3.05) is 27.3 Å². The summed E-state index contributed by atoms with van der Waals surface area (Å²) in [5, 5.41) is 3.27. The van der Waals surface area contributed by atoms with Crippen LogP contribution in [-0.4, -0.2) is 38.2 Å². The predicted molar refractivity (Wildman–Crippen MR) is 142 cm³/mol. The molecule has 3 rings (SSSR count). The van der Waals surface area contributed by atoms with E-state index in [1.54, 1.807) is 14.2 Å². The molecule has 0 spiro atoms. The summed E-state index contributed by atoms with van der Waals surface area (Å²) in [5.41, 5.74) is 9.76. The minimum Gasteiger partial charge on any atom is -0.493 e. The van der Waals surface area contributed by atoms with E-state index in [2.05, 4.69) is 53.3 Å². The molecule has 32 heavy (non-hydrogen) atoms. The maximum atomic E-state index is 6.14. The molecule has 0 aromatic heterocycles. The zero-order valence-electron chi connectivity index (χ0n) is 19.6. The third-order valence-corrected chi connectivity index (χ3v) is 5.80. The number of rotatable bonds is 8. The number of nitrogens with two attached hydrogens (primary N) is 1. The van der Waals surface area contributed by atoms with Crippen LogP contribution in [0.4, 0.5) is 0 Å². The molecule has 0 aliphatic carbocycles. The first-order valence-electron chi connectivity index (χ1n) is 11.0. The highest BCUT2D eigenvalue weighted by atomic mass is 127. The molecule has 2 aromatic carbocycles. The van der Waals surface area contributed by atoms with Gasteiger partial charge >= 0.3 is 0 Å². The Hall–Kier alpha value is -2.00. The Morgan fingerprint density at radius 2 is 1.69 bits per heavy atom. The Morgan fingerprint density at radius 1 is 1.03 bits per heavy atom. The lowest BCUT2D eigenvalue weighted by Crippen LogP contribution is -2.38. The number of methoxy groups -OCH3 is 2. The smallest absolute Gasteiger partial charge is 0.189 e. The molecule has 2 atom stereocenters. The number of hydrogen-bond acceptors (Lipinski definition) is 4. The molecule has 6 nitrogen and oxygen atoms in total. The van der Waals surface area contributed by atoms with Gasteiger partial charge in [-0.05, 0) is 47.1 Å². The lowest BCUT2D eigenvalue weighted by Gasteiger charge is -2.35. The number of hydrogen-bond donors (Lipinski definition) is 2. The van der Waals surface area contributed by atoms with Crippen LogP contribution in [0.15, 0.2) is 47.5 Å². The van der Waals surface area contributed by atoms with Crippen molar-refractivity contribution in [2.24, 2.45) is 22.6 Å². The Bertz CT molecular complexity index is 880. The topological polar surface area (TPSA) is 72.1 Å². The van der Waals surface area contributed by atoms with Crippen LogP contribution in [0.5, 0.6) is 11.5 Å². The van der Waals surface area contributed by atoms with Crippen LogP contribution in [0.25, 0.3) is 0 Å². The molecule has 2 unspecified atom stereocenters. The van der Waals surface area contributed by atoms with Crippen molar-refractivity contribution in [2.45, 2.75) is 39.9 Å². The zero-order valence-corrected chi connectivity index (χ0v) is 22.0. The van der Waals surface area contributed by atoms with Crippen LogP contribution >= 0.6 is 24.0 Å². The summed E-state index contributed by atoms with van der Waals surface area (Å²) in [7, 11) is 3.26. The van der Waals surface area contributed by atoms with E-state index in [1.807, 2.05) is 18.2 Å². The Morgan fingerprint density at radius 3 is 2.34 bits per heavy atom. The second-order valence-electron chi connectivity index (χ2n) is 8.65. The fourth-order valence-corrected chi connectivity index (χ4v) is 4.44. The SMILES string of the molecule is COc1ccc(CN=C(N)NCc2ccccc2CN2CC(C)CC(C)C2)cc1OC.I. The van der Waals surface area contributed by atoms with E-state index in [0.717, 1.165) is 23.9 Å². The van der Waals surface area contributed by atoms with Gasteiger partial charge in [0, 0.05) is 26.2 Å². The van der Waals surface area contributed by atoms with E-state index in [1.165, 1.54) is 30.6 Å². The van der Waals surface area contributed by atoms with Gasteiger partial charge < -0.3 is 20.5 Å². The van der Waals surface area contributed by atoms with Gasteiger partial charge in [-0.15, -0.1) is 24.0 Å². The molecule has 1 aliphatic heterocycles. The summed E-state index contributed by atoms with van der Waals surface area (Å²) >= 11 is 0. The summed E-state index contributed by atoms with van der Waals surface area (Å²) < 4.78 is 10.6. The second-order valence-corrected chi connectivity index (χ2v) is 8.65. The molecule has 1 fully saturated rings. The molecule has 0 bridgehead atoms. The van der Waals surface area contributed by atoms with Crippen molar-refractivity contribution in [1.29, 1.82) is 0 Å². The number of aliphatic imine (C=N–C) groups is 1. The summed E-state index contributed by atoms with van der Waals surface area (Å²) in [6.07, 6.45) is 1.33. The van der Waals surface area contributed by atoms with Gasteiger partial charge in [0.05, 0.1) is 20.8 Å². The first kappa shape index (κ1) is 26.3. The van der Waals surface area contributed by atoms with E-state index < -0.39 is 0 Å². The van der Waals surface area contributed by atoms with Crippen molar-refractivity contribution in [3.05, 3.63) is 59.2 Å². The number of piperidine rings is 1. The van der Waals surface area contributed by atoms with Crippen LogP contribution in [0.2, 0.25) is 0 Å². The minimum atomic E-state index is 0. The Balaban J connectivity index is 0.00000363. The molecule has 1 aliphatic rings. The Kier molecular flexibility index (Phi) is 10.6. The molecular weight excluding hydrogens is 515 g/mol. The molecular formula is C25H37IN4O2. The largest absolute Gasteiger partial charge is 0.493 e. The number of nitrogens with zero attached hydrogens (tertiary/aromatic N) is 2. The molecule has 1 heterocycles. The normalized spacial score (nSPS) is 19.2. The van der Waals surface area contributed by atoms with Gasteiger partial charge in [-0.1, -0.05) is 44.2 Å². The third kappa shape index (κ3) is 7.55. The summed E-state index contributed by atoms with van der Waals surface area (Å²) in [4.78, 5) is 7.06. The molecule has 2 aromatic rings. The minimum absolute atomic E-state index is 0. The number of benzene rings is 2. The number of ether oxygens (including phenoxy) is 2. The highest BCUT2D eigenvalue weighted by Gasteiger charge is 2.22. The summed E-state index contributed by atoms with van der Waals surface area (Å²) in [6, 6.07) is 14.4. The van der Waals surface area contributed by atoms with Crippen LogP contribution in [0, 0.1) is 11.8 Å². The monoisotopic (exact) mass is 552 g/mol. The molecule has 176 valence electrons. The predicted octanol–water partition coefficient (Wildman–Crippen LogP) is 4.40. The van der Waals surface area contributed by atoms with E-state index in [9.17, 15) is 0 Å². The molecule has 0 amide bonds. The van der Waals surface area contributed by atoms with Gasteiger partial charge in [0.1, 0.15) is 0 Å². The van der Waals surface area contributed by atoms with E-state index in [0.29, 0.717) is 30.5 Å². The number of nitrogens with one attached hydrogen (secondary N) is 1. The van der Waals surface area contributed by atoms with Gasteiger partial charge in [0.25, 0.3) is 0 Å². The standard InChI is InChI=1S/C25H36N4O2.HI/c1-18-11-19(2)16-29(15-18)17-22-8-6-5-7-21(22)14-28-25(26)27-13-20-9-10-23(30-3)24(12-20)31-4;/h5-10,12,18-19H,11,13-17H2,1-4H3,(H3,26,27,28);1H. The Labute approximate surface area is 209 Å².